The smallest absolute Gasteiger partial charge is 0.209 e. The first kappa shape index (κ1) is 38.2. The van der Waals surface area contributed by atoms with Gasteiger partial charge in [0.05, 0.1) is 44.3 Å². The summed E-state index contributed by atoms with van der Waals surface area (Å²) in [5, 5.41) is 11.3. The van der Waals surface area contributed by atoms with Crippen molar-refractivity contribution in [2.75, 3.05) is 77.6 Å². The predicted molar refractivity (Wildman–Crippen MR) is 195 cm³/mol. The van der Waals surface area contributed by atoms with Gasteiger partial charge < -0.3 is 29.1 Å². The molecule has 1 fully saturated rings. The molecule has 2 aromatic carbocycles. The highest BCUT2D eigenvalue weighted by molar-refractivity contribution is 6.30. The van der Waals surface area contributed by atoms with E-state index in [0.29, 0.717) is 19.8 Å². The molecule has 48 heavy (non-hydrogen) atoms. The minimum Gasteiger partial charge on any atom is -0.491 e. The summed E-state index contributed by atoms with van der Waals surface area (Å²) in [6, 6.07) is 12.4. The summed E-state index contributed by atoms with van der Waals surface area (Å²) < 4.78 is 18.8. The molecular formula is C39H58ClN3O5. The number of amides is 1. The number of aryl methyl sites for hydroxylation is 1. The molecule has 2 heterocycles. The molecule has 1 N–H and O–H groups in total. The summed E-state index contributed by atoms with van der Waals surface area (Å²) in [6.07, 6.45) is 8.40. The van der Waals surface area contributed by atoms with Crippen molar-refractivity contribution in [2.45, 2.75) is 71.5 Å². The van der Waals surface area contributed by atoms with Crippen LogP contribution in [0.3, 0.4) is 0 Å². The van der Waals surface area contributed by atoms with Gasteiger partial charge in [0.15, 0.2) is 0 Å². The maximum Gasteiger partial charge on any atom is 0.209 e. The Morgan fingerprint density at radius 2 is 1.94 bits per heavy atom. The monoisotopic (exact) mass is 683 g/mol. The van der Waals surface area contributed by atoms with Crippen LogP contribution < -0.4 is 9.64 Å². The Bertz CT molecular complexity index is 1300. The standard InChI is InChI=1S/C39H58ClN3O5/c1-6-10-32-23-34(40)13-14-36(32)33-26-43(37-24-31(30(4)45)12-15-39(37)48-27-33)25-29(3)35(7-2)38(11-8-9-16-41(5)28-44)47-22-19-42-17-20-46-21-18-42/h8,11-15,23-24,28-30,33,35,38,45H,6-7,9-10,16-22,25-27H2,1-5H3/b11-8+. The van der Waals surface area contributed by atoms with Gasteiger partial charge >= 0.3 is 0 Å². The van der Waals surface area contributed by atoms with E-state index in [1.165, 1.54) is 11.1 Å². The Balaban J connectivity index is 1.59. The summed E-state index contributed by atoms with van der Waals surface area (Å²) in [5.74, 6) is 1.57. The average Bonchev–Trinajstić information content (AvgIpc) is 3.26. The van der Waals surface area contributed by atoms with Gasteiger partial charge in [-0.25, -0.2) is 0 Å². The third-order valence-electron chi connectivity index (χ3n) is 9.86. The maximum atomic E-state index is 11.1. The Morgan fingerprint density at radius 1 is 1.15 bits per heavy atom. The minimum atomic E-state index is -0.572. The lowest BCUT2D eigenvalue weighted by atomic mass is 9.85. The summed E-state index contributed by atoms with van der Waals surface area (Å²) in [6.45, 7) is 16.4. The number of carbonyl (C=O) groups is 1. The maximum absolute atomic E-state index is 11.1. The van der Waals surface area contributed by atoms with E-state index in [2.05, 4.69) is 60.9 Å². The molecule has 0 spiro atoms. The third-order valence-corrected chi connectivity index (χ3v) is 10.1. The SMILES string of the molecule is CCCc1cc(Cl)ccc1C1COc2ccc(C(C)O)cc2N(CC(C)C(CC)C(/C=C/CCN(C)C=O)OCCN2CCOCC2)C1. The molecule has 2 aromatic rings. The topological polar surface area (TPSA) is 74.7 Å². The normalized spacial score (nSPS) is 19.6. The molecular weight excluding hydrogens is 626 g/mol. The molecule has 2 aliphatic heterocycles. The Hall–Kier alpha value is -2.62. The van der Waals surface area contributed by atoms with E-state index in [9.17, 15) is 9.90 Å². The van der Waals surface area contributed by atoms with E-state index < -0.39 is 6.10 Å². The number of aliphatic hydroxyl groups excluding tert-OH is 1. The zero-order valence-corrected chi connectivity index (χ0v) is 30.5. The Labute approximate surface area is 294 Å². The second-order valence-electron chi connectivity index (χ2n) is 13.6. The van der Waals surface area contributed by atoms with E-state index >= 15 is 0 Å². The highest BCUT2D eigenvalue weighted by atomic mass is 35.5. The van der Waals surface area contributed by atoms with E-state index in [1.807, 2.05) is 32.2 Å². The van der Waals surface area contributed by atoms with E-state index in [1.54, 1.807) is 4.90 Å². The number of carbonyl (C=O) groups excluding carboxylic acids is 1. The molecule has 0 radical (unpaired) electrons. The number of ether oxygens (including phenoxy) is 3. The number of anilines is 1. The van der Waals surface area contributed by atoms with Gasteiger partial charge in [-0.3, -0.25) is 9.69 Å². The summed E-state index contributed by atoms with van der Waals surface area (Å²) in [4.78, 5) is 17.7. The van der Waals surface area contributed by atoms with Gasteiger partial charge in [0.25, 0.3) is 0 Å². The fourth-order valence-electron chi connectivity index (χ4n) is 7.06. The zero-order chi connectivity index (χ0) is 34.5. The zero-order valence-electron chi connectivity index (χ0n) is 29.8. The quantitative estimate of drug-likeness (QED) is 0.138. The number of morpholine rings is 1. The number of aliphatic hydroxyl groups is 1. The fourth-order valence-corrected chi connectivity index (χ4v) is 7.25. The van der Waals surface area contributed by atoms with Crippen molar-refractivity contribution in [3.05, 3.63) is 70.3 Å². The first-order valence-corrected chi connectivity index (χ1v) is 18.3. The average molecular weight is 684 g/mol. The molecule has 4 rings (SSSR count). The van der Waals surface area contributed by atoms with Crippen molar-refractivity contribution in [1.29, 1.82) is 0 Å². The lowest BCUT2D eigenvalue weighted by Gasteiger charge is -2.36. The van der Waals surface area contributed by atoms with Crippen LogP contribution in [0.5, 0.6) is 5.75 Å². The van der Waals surface area contributed by atoms with Crippen molar-refractivity contribution < 1.29 is 24.1 Å². The molecule has 2 aliphatic rings. The van der Waals surface area contributed by atoms with E-state index in [0.717, 1.165) is 100 Å². The van der Waals surface area contributed by atoms with Crippen molar-refractivity contribution >= 4 is 23.7 Å². The number of fused-ring (bicyclic) bond motifs is 1. The number of nitrogens with zero attached hydrogens (tertiary/aromatic N) is 3. The molecule has 5 atom stereocenters. The molecule has 8 nitrogen and oxygen atoms in total. The molecule has 1 saturated heterocycles. The summed E-state index contributed by atoms with van der Waals surface area (Å²) in [5.41, 5.74) is 4.49. The molecule has 0 aliphatic carbocycles. The lowest BCUT2D eigenvalue weighted by molar-refractivity contribution is -0.116. The van der Waals surface area contributed by atoms with Crippen molar-refractivity contribution in [2.24, 2.45) is 11.8 Å². The van der Waals surface area contributed by atoms with Crippen LogP contribution in [0, 0.1) is 11.8 Å². The van der Waals surface area contributed by atoms with E-state index in [4.69, 9.17) is 25.8 Å². The van der Waals surface area contributed by atoms with Crippen LogP contribution in [0.2, 0.25) is 5.02 Å². The first-order chi connectivity index (χ1) is 23.2. The van der Waals surface area contributed by atoms with Gasteiger partial charge in [0, 0.05) is 57.3 Å². The second-order valence-corrected chi connectivity index (χ2v) is 14.0. The Kier molecular flexibility index (Phi) is 15.5. The minimum absolute atomic E-state index is 0.0534. The van der Waals surface area contributed by atoms with Crippen LogP contribution in [0.15, 0.2) is 48.6 Å². The molecule has 266 valence electrons. The van der Waals surface area contributed by atoms with Crippen LogP contribution in [-0.2, 0) is 20.7 Å². The predicted octanol–water partition coefficient (Wildman–Crippen LogP) is 6.74. The first-order valence-electron chi connectivity index (χ1n) is 18.0. The number of hydrogen-bond donors (Lipinski definition) is 1. The lowest BCUT2D eigenvalue weighted by Crippen LogP contribution is -2.40. The summed E-state index contributed by atoms with van der Waals surface area (Å²) >= 11 is 6.46. The fraction of sp³-hybridized carbons (Fsp3) is 0.615. The van der Waals surface area contributed by atoms with Crippen molar-refractivity contribution in [3.8, 4) is 5.75 Å². The molecule has 1 amide bonds. The van der Waals surface area contributed by atoms with Gasteiger partial charge in [-0.2, -0.15) is 0 Å². The van der Waals surface area contributed by atoms with Crippen molar-refractivity contribution in [1.82, 2.24) is 9.80 Å². The van der Waals surface area contributed by atoms with Crippen LogP contribution >= 0.6 is 11.6 Å². The summed E-state index contributed by atoms with van der Waals surface area (Å²) in [7, 11) is 1.81. The Morgan fingerprint density at radius 3 is 2.65 bits per heavy atom. The number of halogens is 1. The van der Waals surface area contributed by atoms with Gasteiger partial charge in [0.2, 0.25) is 6.41 Å². The van der Waals surface area contributed by atoms with Crippen LogP contribution in [-0.4, -0.2) is 100 Å². The van der Waals surface area contributed by atoms with Gasteiger partial charge in [-0.1, -0.05) is 69.5 Å². The molecule has 5 unspecified atom stereocenters. The number of benzene rings is 2. The van der Waals surface area contributed by atoms with E-state index in [-0.39, 0.29) is 23.9 Å². The van der Waals surface area contributed by atoms with Crippen molar-refractivity contribution in [3.63, 3.8) is 0 Å². The third kappa shape index (κ3) is 10.9. The van der Waals surface area contributed by atoms with Crippen LogP contribution in [0.4, 0.5) is 5.69 Å². The second kappa shape index (κ2) is 19.5. The molecule has 0 saturated carbocycles. The highest BCUT2D eigenvalue weighted by Crippen LogP contribution is 2.39. The van der Waals surface area contributed by atoms with Gasteiger partial charge in [-0.05, 0) is 72.6 Å². The number of rotatable bonds is 18. The molecule has 0 bridgehead atoms. The van der Waals surface area contributed by atoms with Gasteiger partial charge in [0.1, 0.15) is 5.75 Å². The van der Waals surface area contributed by atoms with Gasteiger partial charge in [-0.15, -0.1) is 0 Å². The highest BCUT2D eigenvalue weighted by Gasteiger charge is 2.31. The molecule has 0 aromatic heterocycles. The number of hydrogen-bond acceptors (Lipinski definition) is 7. The van der Waals surface area contributed by atoms with Crippen LogP contribution in [0.25, 0.3) is 0 Å². The van der Waals surface area contributed by atoms with Crippen LogP contribution in [0.1, 0.15) is 75.7 Å². The largest absolute Gasteiger partial charge is 0.491 e. The molecule has 9 heteroatoms.